The van der Waals surface area contributed by atoms with E-state index in [9.17, 15) is 0 Å². The zero-order chi connectivity index (χ0) is 11.0. The van der Waals surface area contributed by atoms with Gasteiger partial charge in [-0.15, -0.1) is 0 Å². The van der Waals surface area contributed by atoms with E-state index >= 15 is 0 Å². The molecule has 0 saturated heterocycles. The smallest absolute Gasteiger partial charge is 0.178 e. The minimum absolute atomic E-state index is 1.37. The summed E-state index contributed by atoms with van der Waals surface area (Å²) >= 11 is 0. The van der Waals surface area contributed by atoms with Crippen LogP contribution in [-0.4, -0.2) is 38.5 Å². The molecule has 0 unspecified atom stereocenters. The van der Waals surface area contributed by atoms with Crippen molar-refractivity contribution in [2.45, 2.75) is 39.3 Å². The van der Waals surface area contributed by atoms with Gasteiger partial charge in [-0.2, -0.15) is 10.2 Å². The van der Waals surface area contributed by atoms with E-state index in [4.69, 9.17) is 0 Å². The number of nitrogens with zero attached hydrogens (tertiary/aromatic N) is 4. The Bertz CT molecular complexity index is 221. The normalized spacial score (nSPS) is 17.9. The van der Waals surface area contributed by atoms with Crippen molar-refractivity contribution in [1.82, 2.24) is 9.35 Å². The third-order valence-electron chi connectivity index (χ3n) is 1.95. The molecule has 1 heterocycles. The molecule has 1 aliphatic rings. The largest absolute Gasteiger partial charge is 0.283 e. The predicted octanol–water partition coefficient (Wildman–Crippen LogP) is 2.16. The molecule has 6 heteroatoms. The summed E-state index contributed by atoms with van der Waals surface area (Å²) in [7, 11) is -2.74. The minimum Gasteiger partial charge on any atom is -0.283 e. The van der Waals surface area contributed by atoms with Gasteiger partial charge in [0.25, 0.3) is 0 Å². The molecule has 0 bridgehead atoms. The highest BCUT2D eigenvalue weighted by Crippen LogP contribution is 2.14. The zero-order valence-electron chi connectivity index (χ0n) is 9.94. The summed E-state index contributed by atoms with van der Waals surface area (Å²) in [5.74, 6) is 0. The van der Waals surface area contributed by atoms with Gasteiger partial charge in [0.1, 0.15) is 12.7 Å². The van der Waals surface area contributed by atoms with Gasteiger partial charge in [0, 0.05) is 0 Å². The summed E-state index contributed by atoms with van der Waals surface area (Å²) in [6, 6.07) is 0. The van der Waals surface area contributed by atoms with Crippen LogP contribution >= 0.6 is 0 Å². The van der Waals surface area contributed by atoms with Crippen molar-refractivity contribution in [2.75, 3.05) is 0 Å². The van der Waals surface area contributed by atoms with E-state index in [-0.39, 0.29) is 0 Å². The van der Waals surface area contributed by atoms with Gasteiger partial charge in [-0.3, -0.25) is 9.35 Å². The van der Waals surface area contributed by atoms with Crippen LogP contribution in [0.4, 0.5) is 0 Å². The van der Waals surface area contributed by atoms with Gasteiger partial charge in [0.2, 0.25) is 0 Å². The van der Waals surface area contributed by atoms with Crippen molar-refractivity contribution in [1.29, 1.82) is 0 Å². The Balaban J connectivity index is 2.72. The van der Waals surface area contributed by atoms with E-state index in [0.717, 1.165) is 0 Å². The highest BCUT2D eigenvalue weighted by Gasteiger charge is 2.27. The van der Waals surface area contributed by atoms with Crippen molar-refractivity contribution in [3.63, 3.8) is 0 Å². The summed E-state index contributed by atoms with van der Waals surface area (Å²) in [5, 5.41) is 8.86. The molecule has 0 atom stereocenters. The highest BCUT2D eigenvalue weighted by molar-refractivity contribution is 6.76. The summed E-state index contributed by atoms with van der Waals surface area (Å²) in [4.78, 5) is 0. The average Bonchev–Trinajstić information content (AvgIpc) is 2.01. The molecule has 80 valence electrons. The maximum atomic E-state index is 4.43. The van der Waals surface area contributed by atoms with Gasteiger partial charge in [-0.05, 0) is 39.3 Å². The fraction of sp³-hybridized carbons (Fsp3) is 0.750. The molecule has 0 radical (unpaired) electrons. The van der Waals surface area contributed by atoms with Crippen LogP contribution in [0.5, 0.6) is 0 Å². The summed E-state index contributed by atoms with van der Waals surface area (Å²) in [5.41, 5.74) is 0. The SMILES string of the molecule is C[Si](C)(C)N1C=NN([Si](C)(C)C)C=N1. The zero-order valence-corrected chi connectivity index (χ0v) is 11.9. The Hall–Kier alpha value is -0.626. The van der Waals surface area contributed by atoms with E-state index in [0.29, 0.717) is 0 Å². The third-order valence-corrected chi connectivity index (χ3v) is 5.16. The monoisotopic (exact) mass is 228 g/mol. The van der Waals surface area contributed by atoms with Crippen LogP contribution in [0, 0.1) is 0 Å². The molecule has 0 aliphatic carbocycles. The minimum atomic E-state index is -1.37. The molecule has 0 fully saturated rings. The first-order valence-corrected chi connectivity index (χ1v) is 11.8. The van der Waals surface area contributed by atoms with E-state index in [1.165, 1.54) is 0 Å². The maximum absolute atomic E-state index is 4.43. The Labute approximate surface area is 88.5 Å². The molecular weight excluding hydrogens is 208 g/mol. The second-order valence-corrected chi connectivity index (χ2v) is 15.1. The van der Waals surface area contributed by atoms with Crippen LogP contribution in [0.3, 0.4) is 0 Å². The summed E-state index contributed by atoms with van der Waals surface area (Å²) in [6.45, 7) is 13.5. The Kier molecular flexibility index (Phi) is 2.87. The lowest BCUT2D eigenvalue weighted by molar-refractivity contribution is 0.576. The first-order chi connectivity index (χ1) is 6.21. The molecule has 1 aliphatic heterocycles. The molecule has 0 aromatic carbocycles. The van der Waals surface area contributed by atoms with E-state index in [1.54, 1.807) is 0 Å². The summed E-state index contributed by atoms with van der Waals surface area (Å²) < 4.78 is 4.04. The first kappa shape index (κ1) is 11.4. The lowest BCUT2D eigenvalue weighted by atomic mass is 11.2. The Morgan fingerprint density at radius 3 is 1.14 bits per heavy atom. The van der Waals surface area contributed by atoms with Gasteiger partial charge < -0.3 is 0 Å². The average molecular weight is 228 g/mol. The number of hydrogen-bond donors (Lipinski definition) is 0. The van der Waals surface area contributed by atoms with Gasteiger partial charge in [-0.25, -0.2) is 0 Å². The van der Waals surface area contributed by atoms with Gasteiger partial charge in [0.15, 0.2) is 16.5 Å². The van der Waals surface area contributed by atoms with Crippen molar-refractivity contribution in [3.8, 4) is 0 Å². The number of hydrazone groups is 2. The second kappa shape index (κ2) is 3.50. The Morgan fingerprint density at radius 1 is 0.714 bits per heavy atom. The lowest BCUT2D eigenvalue weighted by Crippen LogP contribution is -2.49. The molecule has 0 spiro atoms. The standard InChI is InChI=1S/C8H20N4Si2/c1-13(2,3)11-7-10-12(8-9-11)14(4,5)6/h7-8H,1-6H3. The highest BCUT2D eigenvalue weighted by atomic mass is 28.3. The fourth-order valence-corrected chi connectivity index (χ4v) is 2.55. The molecule has 0 aromatic rings. The summed E-state index contributed by atoms with van der Waals surface area (Å²) in [6.07, 6.45) is 3.73. The van der Waals surface area contributed by atoms with Crippen LogP contribution in [-0.2, 0) is 0 Å². The molecule has 0 N–H and O–H groups in total. The van der Waals surface area contributed by atoms with Gasteiger partial charge >= 0.3 is 0 Å². The Morgan fingerprint density at radius 2 is 1.00 bits per heavy atom. The van der Waals surface area contributed by atoms with E-state index in [1.807, 2.05) is 22.0 Å². The number of hydrogen-bond acceptors (Lipinski definition) is 4. The topological polar surface area (TPSA) is 31.2 Å². The van der Waals surface area contributed by atoms with Crippen molar-refractivity contribution in [2.24, 2.45) is 10.2 Å². The van der Waals surface area contributed by atoms with E-state index < -0.39 is 16.5 Å². The quantitative estimate of drug-likeness (QED) is 0.678. The third kappa shape index (κ3) is 2.68. The molecule has 14 heavy (non-hydrogen) atoms. The van der Waals surface area contributed by atoms with Crippen molar-refractivity contribution in [3.05, 3.63) is 0 Å². The van der Waals surface area contributed by atoms with Crippen molar-refractivity contribution < 1.29 is 0 Å². The van der Waals surface area contributed by atoms with E-state index in [2.05, 4.69) is 49.5 Å². The van der Waals surface area contributed by atoms with Gasteiger partial charge in [0.05, 0.1) is 0 Å². The lowest BCUT2D eigenvalue weighted by Gasteiger charge is -2.35. The predicted molar refractivity (Wildman–Crippen MR) is 67.4 cm³/mol. The maximum Gasteiger partial charge on any atom is 0.178 e. The molecule has 4 nitrogen and oxygen atoms in total. The van der Waals surface area contributed by atoms with Crippen LogP contribution in [0.15, 0.2) is 10.2 Å². The molecule has 0 amide bonds. The van der Waals surface area contributed by atoms with Crippen LogP contribution in [0.1, 0.15) is 0 Å². The first-order valence-electron chi connectivity index (χ1n) is 4.88. The molecule has 1 rings (SSSR count). The van der Waals surface area contributed by atoms with Gasteiger partial charge in [-0.1, -0.05) is 0 Å². The molecule has 0 saturated carbocycles. The van der Waals surface area contributed by atoms with Crippen LogP contribution in [0.25, 0.3) is 0 Å². The fourth-order valence-electron chi connectivity index (χ4n) is 0.962. The van der Waals surface area contributed by atoms with Crippen LogP contribution in [0.2, 0.25) is 39.3 Å². The van der Waals surface area contributed by atoms with Crippen LogP contribution < -0.4 is 0 Å². The van der Waals surface area contributed by atoms with Crippen molar-refractivity contribution >= 4 is 29.1 Å². The molecular formula is C8H20N4Si2. The molecule has 0 aromatic heterocycles. The number of rotatable bonds is 2. The second-order valence-electron chi connectivity index (χ2n) is 5.49.